The van der Waals surface area contributed by atoms with Crippen LogP contribution in [0.25, 0.3) is 0 Å². The van der Waals surface area contributed by atoms with Gasteiger partial charge in [0, 0.05) is 69.6 Å². The predicted octanol–water partition coefficient (Wildman–Crippen LogP) is 1.17. The fourth-order valence-electron chi connectivity index (χ4n) is 4.49. The Morgan fingerprint density at radius 3 is 2.57 bits per heavy atom. The van der Waals surface area contributed by atoms with Crippen molar-refractivity contribution in [2.75, 3.05) is 32.7 Å². The summed E-state index contributed by atoms with van der Waals surface area (Å²) in [5.74, 6) is -2.84. The van der Waals surface area contributed by atoms with Gasteiger partial charge in [-0.2, -0.15) is 13.8 Å². The van der Waals surface area contributed by atoms with Gasteiger partial charge in [-0.25, -0.2) is 14.2 Å². The van der Waals surface area contributed by atoms with E-state index in [1.807, 2.05) is 0 Å². The maximum atomic E-state index is 13.6. The zero-order chi connectivity index (χ0) is 20.3. The fraction of sp³-hybridized carbons (Fsp3) is 0.833. The van der Waals surface area contributed by atoms with Crippen molar-refractivity contribution in [3.05, 3.63) is 12.7 Å². The predicted molar refractivity (Wildman–Crippen MR) is 96.9 cm³/mol. The molecule has 0 aromatic heterocycles. The van der Waals surface area contributed by atoms with Gasteiger partial charge in [0.05, 0.1) is 0 Å². The number of alkyl halides is 4. The highest BCUT2D eigenvalue weighted by molar-refractivity contribution is 5.86. The average molecular weight is 407 g/mol. The molecular weight excluding hydrogens is 378 g/mol. The summed E-state index contributed by atoms with van der Waals surface area (Å²) in [5, 5.41) is 7.15. The number of nitrogens with one attached hydrogen (secondary N) is 3. The minimum atomic E-state index is -2.62. The number of halogens is 4. The Kier molecular flexibility index (Phi) is 6.95. The summed E-state index contributed by atoms with van der Waals surface area (Å²) in [5.41, 5.74) is 2.87. The molecular formula is C18H29F4N5O. The molecule has 0 spiro atoms. The zero-order valence-corrected chi connectivity index (χ0v) is 15.8. The van der Waals surface area contributed by atoms with Crippen LogP contribution < -0.4 is 16.1 Å². The maximum Gasteiger partial charge on any atom is 0.306 e. The minimum absolute atomic E-state index is 0.00913. The first-order valence-corrected chi connectivity index (χ1v) is 9.85. The third-order valence-electron chi connectivity index (χ3n) is 6.14. The van der Waals surface area contributed by atoms with Crippen LogP contribution in [0.1, 0.15) is 25.7 Å². The molecule has 3 aliphatic heterocycles. The van der Waals surface area contributed by atoms with Crippen molar-refractivity contribution in [3.8, 4) is 0 Å². The number of hydrogen-bond acceptors (Lipinski definition) is 5. The maximum absolute atomic E-state index is 13.6. The topological polar surface area (TPSA) is 59.6 Å². The molecule has 6 nitrogen and oxygen atoms in total. The van der Waals surface area contributed by atoms with Crippen molar-refractivity contribution in [1.82, 2.24) is 26.0 Å². The molecule has 4 atom stereocenters. The van der Waals surface area contributed by atoms with Crippen molar-refractivity contribution in [1.29, 1.82) is 0 Å². The van der Waals surface area contributed by atoms with E-state index in [-0.39, 0.29) is 49.3 Å². The van der Waals surface area contributed by atoms with Gasteiger partial charge in [0.2, 0.25) is 5.91 Å². The highest BCUT2D eigenvalue weighted by Crippen LogP contribution is 2.33. The van der Waals surface area contributed by atoms with Crippen LogP contribution in [0.3, 0.4) is 0 Å². The second-order valence-electron chi connectivity index (χ2n) is 7.91. The largest absolute Gasteiger partial charge is 0.352 e. The second kappa shape index (κ2) is 9.06. The van der Waals surface area contributed by atoms with Gasteiger partial charge < -0.3 is 10.6 Å². The molecule has 3 saturated heterocycles. The Morgan fingerprint density at radius 2 is 1.96 bits per heavy atom. The molecule has 3 N–H and O–H groups in total. The highest BCUT2D eigenvalue weighted by Gasteiger charge is 2.43. The summed E-state index contributed by atoms with van der Waals surface area (Å²) in [4.78, 5) is 13.6. The third-order valence-corrected chi connectivity index (χ3v) is 6.14. The van der Waals surface area contributed by atoms with E-state index in [1.54, 1.807) is 0 Å². The summed E-state index contributed by atoms with van der Waals surface area (Å²) in [6.07, 6.45) is 2.12. The van der Waals surface area contributed by atoms with E-state index < -0.39 is 12.5 Å². The van der Waals surface area contributed by atoms with Gasteiger partial charge in [0.1, 0.15) is 0 Å². The Labute approximate surface area is 162 Å². The van der Waals surface area contributed by atoms with Crippen LogP contribution in [-0.2, 0) is 4.79 Å². The van der Waals surface area contributed by atoms with Crippen LogP contribution >= 0.6 is 0 Å². The Hall–Kier alpha value is -1.23. The van der Waals surface area contributed by atoms with Gasteiger partial charge in [-0.1, -0.05) is 6.58 Å². The van der Waals surface area contributed by atoms with Gasteiger partial charge in [-0.15, -0.1) is 0 Å². The first kappa shape index (κ1) is 21.5. The summed E-state index contributed by atoms with van der Waals surface area (Å²) >= 11 is 0. The molecule has 4 unspecified atom stereocenters. The van der Waals surface area contributed by atoms with Gasteiger partial charge in [0.25, 0.3) is 5.92 Å². The Bertz CT molecular complexity index is 554. The molecule has 0 aliphatic carbocycles. The van der Waals surface area contributed by atoms with E-state index in [0.717, 1.165) is 5.01 Å². The van der Waals surface area contributed by atoms with E-state index in [0.29, 0.717) is 39.0 Å². The molecule has 0 saturated carbocycles. The van der Waals surface area contributed by atoms with Gasteiger partial charge in [-0.3, -0.25) is 9.69 Å². The fourth-order valence-corrected chi connectivity index (χ4v) is 4.49. The molecule has 0 bridgehead atoms. The molecule has 1 amide bonds. The molecule has 3 rings (SSSR count). The lowest BCUT2D eigenvalue weighted by Gasteiger charge is -2.46. The second-order valence-corrected chi connectivity index (χ2v) is 7.91. The molecule has 3 fully saturated rings. The number of carbonyl (C=O) groups is 1. The Morgan fingerprint density at radius 1 is 1.25 bits per heavy atom. The highest BCUT2D eigenvalue weighted by atomic mass is 19.3. The van der Waals surface area contributed by atoms with Crippen molar-refractivity contribution >= 4 is 5.91 Å². The first-order valence-electron chi connectivity index (χ1n) is 9.85. The monoisotopic (exact) mass is 407 g/mol. The van der Waals surface area contributed by atoms with Crippen LogP contribution in [0.15, 0.2) is 12.7 Å². The number of hydrazine groups is 1. The van der Waals surface area contributed by atoms with Crippen molar-refractivity contribution in [3.63, 3.8) is 0 Å². The van der Waals surface area contributed by atoms with E-state index in [4.69, 9.17) is 0 Å². The lowest BCUT2D eigenvalue weighted by molar-refractivity contribution is -0.116. The number of carbonyl (C=O) groups excluding carboxylic acids is 1. The summed E-state index contributed by atoms with van der Waals surface area (Å²) in [7, 11) is 0. The van der Waals surface area contributed by atoms with Gasteiger partial charge in [0.15, 0.2) is 0 Å². The van der Waals surface area contributed by atoms with Gasteiger partial charge in [-0.05, 0) is 18.9 Å². The number of piperidine rings is 2. The number of rotatable bonds is 6. The van der Waals surface area contributed by atoms with E-state index in [1.165, 1.54) is 6.08 Å². The third kappa shape index (κ3) is 5.22. The van der Waals surface area contributed by atoms with E-state index in [2.05, 4.69) is 27.5 Å². The molecule has 28 heavy (non-hydrogen) atoms. The molecule has 0 aromatic carbocycles. The zero-order valence-electron chi connectivity index (χ0n) is 15.8. The van der Waals surface area contributed by atoms with E-state index >= 15 is 0 Å². The number of hydrogen-bond donors (Lipinski definition) is 3. The molecule has 160 valence electrons. The molecule has 0 aromatic rings. The number of likely N-dealkylation sites (tertiary alicyclic amines) is 1. The van der Waals surface area contributed by atoms with E-state index in [9.17, 15) is 22.4 Å². The molecule has 10 heteroatoms. The van der Waals surface area contributed by atoms with Crippen LogP contribution in [0, 0.1) is 5.92 Å². The van der Waals surface area contributed by atoms with Gasteiger partial charge >= 0.3 is 6.55 Å². The summed E-state index contributed by atoms with van der Waals surface area (Å²) in [6, 6.07) is -0.135. The van der Waals surface area contributed by atoms with Crippen molar-refractivity contribution in [2.45, 2.75) is 56.3 Å². The van der Waals surface area contributed by atoms with Crippen molar-refractivity contribution in [2.24, 2.45) is 5.92 Å². The van der Waals surface area contributed by atoms with Crippen LogP contribution in [-0.4, -0.2) is 79.1 Å². The first-order chi connectivity index (χ1) is 13.3. The average Bonchev–Trinajstić information content (AvgIpc) is 3.16. The van der Waals surface area contributed by atoms with Crippen LogP contribution in [0.4, 0.5) is 17.6 Å². The lowest BCUT2D eigenvalue weighted by atomic mass is 9.83. The Balaban J connectivity index is 1.64. The quantitative estimate of drug-likeness (QED) is 0.351. The molecule has 3 aliphatic rings. The van der Waals surface area contributed by atoms with Crippen molar-refractivity contribution < 1.29 is 22.4 Å². The standard InChI is InChI=1S/C18H29F4N5O/c1-2-16(28)24-11-12-10-23-14(13-3-6-27(25-13)17(19)20)9-15(12)26-7-4-18(21,22)5-8-26/h2,12-15,17,23,25H,1,3-11H2,(H,24,28). The number of nitrogens with zero attached hydrogens (tertiary/aromatic N) is 2. The SMILES string of the molecule is C=CC(=O)NCC1CNC(C2CCN(C(F)F)N2)CC1N1CCC(F)(F)CC1. The minimum Gasteiger partial charge on any atom is -0.352 e. The summed E-state index contributed by atoms with van der Waals surface area (Å²) < 4.78 is 53.0. The number of amides is 1. The molecule has 3 heterocycles. The molecule has 0 radical (unpaired) electrons. The van der Waals surface area contributed by atoms with Crippen LogP contribution in [0.2, 0.25) is 0 Å². The smallest absolute Gasteiger partial charge is 0.306 e. The normalized spacial score (nSPS) is 34.5. The summed E-state index contributed by atoms with van der Waals surface area (Å²) in [6.45, 7) is 2.79. The lowest BCUT2D eigenvalue weighted by Crippen LogP contribution is -2.62. The van der Waals surface area contributed by atoms with Crippen LogP contribution in [0.5, 0.6) is 0 Å².